The summed E-state index contributed by atoms with van der Waals surface area (Å²) in [6.45, 7) is 4.32. The molecule has 0 unspecified atom stereocenters. The van der Waals surface area contributed by atoms with E-state index in [0.29, 0.717) is 36.6 Å². The number of nitrogens with two attached hydrogens (primary N) is 1. The van der Waals surface area contributed by atoms with E-state index in [0.717, 1.165) is 43.4 Å². The largest absolute Gasteiger partial charge is 0.472 e. The van der Waals surface area contributed by atoms with Crippen LogP contribution in [0.3, 0.4) is 0 Å². The lowest BCUT2D eigenvalue weighted by Crippen LogP contribution is -2.54. The Hall–Kier alpha value is -3.81. The molecule has 0 spiro atoms. The molecule has 0 aromatic carbocycles. The lowest BCUT2D eigenvalue weighted by molar-refractivity contribution is -0.147. The van der Waals surface area contributed by atoms with Gasteiger partial charge in [0, 0.05) is 62.2 Å². The maximum Gasteiger partial charge on any atom is 0.241 e. The van der Waals surface area contributed by atoms with Crippen LogP contribution in [0.15, 0.2) is 52.8 Å². The Balaban J connectivity index is 1.55. The van der Waals surface area contributed by atoms with E-state index in [9.17, 15) is 24.6 Å². The first-order valence-electron chi connectivity index (χ1n) is 17.8. The van der Waals surface area contributed by atoms with Gasteiger partial charge in [-0.1, -0.05) is 52.0 Å². The molecule has 12 nitrogen and oxygen atoms in total. The molecule has 4 rings (SSSR count). The number of aliphatic hydroxyl groups is 2. The third kappa shape index (κ3) is 12.2. The number of nitrogens with one attached hydrogen (secondary N) is 1. The summed E-state index contributed by atoms with van der Waals surface area (Å²) >= 11 is 1.25. The number of rotatable bonds is 19. The van der Waals surface area contributed by atoms with Crippen LogP contribution >= 0.6 is 11.3 Å². The van der Waals surface area contributed by atoms with Gasteiger partial charge >= 0.3 is 0 Å². The van der Waals surface area contributed by atoms with Crippen LogP contribution in [0.1, 0.15) is 82.2 Å². The fraction of sp³-hybridized carbons (Fsp3) is 0.595. The standard InChI is InChI=1S/C37H54N6O6S/c1-25(2)17-32(44)35(47)31(18-26-9-5-4-6-10-26)43(22-27-13-16-49-23-27)36(48)28(19-30-24-50-37(38)41-30)20-33(45)40-21-34(46)42(3)15-12-29-11-7-8-14-39-29/h7-8,11,13-14,16,23-26,28,31-32,35,44,47H,4-6,9-10,12,15,17-22H2,1-3H3,(H2,38,41)(H,40,45)/t28-,31+,32+,35-/m1/s1. The number of carbonyl (C=O) groups excluding carboxylic acids is 3. The molecule has 274 valence electrons. The molecule has 3 amide bonds. The highest BCUT2D eigenvalue weighted by atomic mass is 32.1. The van der Waals surface area contributed by atoms with Crippen molar-refractivity contribution in [3.63, 3.8) is 0 Å². The molecular formula is C37H54N6O6S. The van der Waals surface area contributed by atoms with Gasteiger partial charge in [-0.25, -0.2) is 4.98 Å². The van der Waals surface area contributed by atoms with Gasteiger partial charge in [-0.05, 0) is 42.9 Å². The number of anilines is 1. The van der Waals surface area contributed by atoms with Crippen molar-refractivity contribution in [1.82, 2.24) is 25.1 Å². The van der Waals surface area contributed by atoms with E-state index in [1.807, 2.05) is 32.0 Å². The number of likely N-dealkylation sites (N-methyl/N-ethyl adjacent to an activating group) is 1. The van der Waals surface area contributed by atoms with Crippen LogP contribution in [0.4, 0.5) is 5.13 Å². The zero-order chi connectivity index (χ0) is 36.0. The Morgan fingerprint density at radius 3 is 2.54 bits per heavy atom. The highest BCUT2D eigenvalue weighted by molar-refractivity contribution is 7.13. The van der Waals surface area contributed by atoms with Gasteiger partial charge < -0.3 is 35.5 Å². The number of aliphatic hydroxyl groups excluding tert-OH is 2. The van der Waals surface area contributed by atoms with Crippen molar-refractivity contribution in [3.8, 4) is 0 Å². The van der Waals surface area contributed by atoms with Crippen molar-refractivity contribution in [2.75, 3.05) is 25.9 Å². The summed E-state index contributed by atoms with van der Waals surface area (Å²) in [6, 6.07) is 6.70. The maximum absolute atomic E-state index is 14.8. The summed E-state index contributed by atoms with van der Waals surface area (Å²) in [5, 5.41) is 27.8. The molecule has 3 aromatic rings. The number of nitrogen functional groups attached to an aromatic ring is 1. The number of hydrogen-bond donors (Lipinski definition) is 4. The van der Waals surface area contributed by atoms with Crippen molar-refractivity contribution < 1.29 is 29.0 Å². The number of thiazole rings is 1. The van der Waals surface area contributed by atoms with Crippen LogP contribution in [0.2, 0.25) is 0 Å². The SMILES string of the molecule is CC(C)C[C@H](O)[C@H](O)[C@H](CC1CCCCC1)N(Cc1ccoc1)C(=O)[C@@H](CC(=O)NCC(=O)N(C)CCc1ccccn1)Cc1csc(N)n1. The summed E-state index contributed by atoms with van der Waals surface area (Å²) in [7, 11) is 1.68. The van der Waals surface area contributed by atoms with E-state index in [4.69, 9.17) is 10.2 Å². The van der Waals surface area contributed by atoms with Crippen LogP contribution in [0.5, 0.6) is 0 Å². The fourth-order valence-electron chi connectivity index (χ4n) is 6.74. The van der Waals surface area contributed by atoms with E-state index < -0.39 is 30.1 Å². The van der Waals surface area contributed by atoms with Crippen molar-refractivity contribution in [2.45, 2.75) is 103 Å². The zero-order valence-electron chi connectivity index (χ0n) is 29.6. The summed E-state index contributed by atoms with van der Waals surface area (Å²) in [4.78, 5) is 53.0. The molecule has 1 aliphatic rings. The highest BCUT2D eigenvalue weighted by Gasteiger charge is 2.39. The second-order valence-electron chi connectivity index (χ2n) is 14.0. The van der Waals surface area contributed by atoms with Crippen LogP contribution in [-0.2, 0) is 33.8 Å². The number of furan rings is 1. The molecule has 50 heavy (non-hydrogen) atoms. The van der Waals surface area contributed by atoms with Crippen LogP contribution in [0, 0.1) is 17.8 Å². The number of carbonyl (C=O) groups is 3. The highest BCUT2D eigenvalue weighted by Crippen LogP contribution is 2.33. The Morgan fingerprint density at radius 1 is 1.12 bits per heavy atom. The first kappa shape index (κ1) is 39.0. The molecule has 0 saturated heterocycles. The third-order valence-electron chi connectivity index (χ3n) is 9.52. The van der Waals surface area contributed by atoms with Crippen LogP contribution < -0.4 is 11.1 Å². The van der Waals surface area contributed by atoms with E-state index in [1.165, 1.54) is 17.6 Å². The second kappa shape index (κ2) is 19.5. The summed E-state index contributed by atoms with van der Waals surface area (Å²) < 4.78 is 5.35. The Labute approximate surface area is 299 Å². The molecule has 13 heteroatoms. The molecule has 0 radical (unpaired) electrons. The predicted octanol–water partition coefficient (Wildman–Crippen LogP) is 4.22. The van der Waals surface area contributed by atoms with Gasteiger partial charge in [-0.3, -0.25) is 19.4 Å². The first-order valence-corrected chi connectivity index (χ1v) is 18.7. The number of amides is 3. The van der Waals surface area contributed by atoms with Crippen molar-refractivity contribution in [1.29, 1.82) is 0 Å². The van der Waals surface area contributed by atoms with Crippen molar-refractivity contribution >= 4 is 34.2 Å². The monoisotopic (exact) mass is 710 g/mol. The molecule has 3 aromatic heterocycles. The van der Waals surface area contributed by atoms with Crippen LogP contribution in [-0.4, -0.2) is 86.1 Å². The van der Waals surface area contributed by atoms with Crippen molar-refractivity contribution in [3.05, 3.63) is 65.3 Å². The van der Waals surface area contributed by atoms with Gasteiger partial charge in [-0.2, -0.15) is 0 Å². The quantitative estimate of drug-likeness (QED) is 0.142. The maximum atomic E-state index is 14.8. The average Bonchev–Trinajstić information content (AvgIpc) is 3.78. The molecule has 4 atom stereocenters. The first-order chi connectivity index (χ1) is 24.0. The topological polar surface area (TPSA) is 175 Å². The molecule has 1 saturated carbocycles. The minimum absolute atomic E-state index is 0.134. The molecule has 0 bridgehead atoms. The molecule has 3 heterocycles. The van der Waals surface area contributed by atoms with E-state index >= 15 is 0 Å². The van der Waals surface area contributed by atoms with Crippen LogP contribution in [0.25, 0.3) is 0 Å². The normalized spacial score (nSPS) is 16.0. The number of pyridine rings is 1. The summed E-state index contributed by atoms with van der Waals surface area (Å²) in [5.41, 5.74) is 8.11. The molecule has 1 aliphatic carbocycles. The summed E-state index contributed by atoms with van der Waals surface area (Å²) in [6.07, 6.45) is 9.31. The molecular weight excluding hydrogens is 657 g/mol. The van der Waals surface area contributed by atoms with Gasteiger partial charge in [0.2, 0.25) is 17.7 Å². The minimum atomic E-state index is -1.20. The smallest absolute Gasteiger partial charge is 0.241 e. The van der Waals surface area contributed by atoms with Gasteiger partial charge in [-0.15, -0.1) is 11.3 Å². The average molecular weight is 711 g/mol. The van der Waals surface area contributed by atoms with Crippen molar-refractivity contribution in [2.24, 2.45) is 17.8 Å². The van der Waals surface area contributed by atoms with E-state index in [1.54, 1.807) is 40.8 Å². The number of aromatic nitrogens is 2. The van der Waals surface area contributed by atoms with Gasteiger partial charge in [0.15, 0.2) is 5.13 Å². The second-order valence-corrected chi connectivity index (χ2v) is 14.9. The zero-order valence-corrected chi connectivity index (χ0v) is 30.4. The Morgan fingerprint density at radius 2 is 1.90 bits per heavy atom. The minimum Gasteiger partial charge on any atom is -0.472 e. The van der Waals surface area contributed by atoms with E-state index in [-0.39, 0.29) is 49.6 Å². The van der Waals surface area contributed by atoms with E-state index in [2.05, 4.69) is 15.3 Å². The van der Waals surface area contributed by atoms with Gasteiger partial charge in [0.05, 0.1) is 42.8 Å². The number of hydrogen-bond acceptors (Lipinski definition) is 10. The lowest BCUT2D eigenvalue weighted by atomic mass is 9.81. The van der Waals surface area contributed by atoms with Gasteiger partial charge in [0.25, 0.3) is 0 Å². The molecule has 1 fully saturated rings. The molecule has 0 aliphatic heterocycles. The Kier molecular flexibility index (Phi) is 15.2. The predicted molar refractivity (Wildman–Crippen MR) is 193 cm³/mol. The lowest BCUT2D eigenvalue weighted by Gasteiger charge is -2.41. The summed E-state index contributed by atoms with van der Waals surface area (Å²) in [5.74, 6) is -1.51. The third-order valence-corrected chi connectivity index (χ3v) is 10.2. The van der Waals surface area contributed by atoms with Gasteiger partial charge in [0.1, 0.15) is 6.10 Å². The number of nitrogens with zero attached hydrogens (tertiary/aromatic N) is 4. The fourth-order valence-corrected chi connectivity index (χ4v) is 7.32. The Bertz CT molecular complexity index is 1460. The molecule has 5 N–H and O–H groups in total.